The van der Waals surface area contributed by atoms with Crippen LogP contribution in [0.5, 0.6) is 0 Å². The summed E-state index contributed by atoms with van der Waals surface area (Å²) in [6.45, 7) is 0. The Kier molecular flexibility index (Phi) is 4.31. The van der Waals surface area contributed by atoms with Crippen LogP contribution < -0.4 is 5.32 Å². The van der Waals surface area contributed by atoms with Gasteiger partial charge in [0.25, 0.3) is 0 Å². The number of nitrogens with zero attached hydrogens (tertiary/aromatic N) is 2. The number of carboxylic acid groups (broad SMARTS) is 1. The van der Waals surface area contributed by atoms with Crippen LogP contribution in [0.15, 0.2) is 30.3 Å². The molecule has 0 unspecified atom stereocenters. The largest absolute Gasteiger partial charge is 0.477 e. The lowest BCUT2D eigenvalue weighted by Gasteiger charge is -2.09. The first-order valence-electron chi connectivity index (χ1n) is 5.49. The number of rotatable bonds is 4. The highest BCUT2D eigenvalue weighted by molar-refractivity contribution is 14.1. The van der Waals surface area contributed by atoms with Crippen LogP contribution in [-0.4, -0.2) is 21.0 Å². The lowest BCUT2D eigenvalue weighted by atomic mass is 10.3. The first-order valence-corrected chi connectivity index (χ1v) is 6.57. The van der Waals surface area contributed by atoms with Crippen LogP contribution >= 0.6 is 22.6 Å². The van der Waals surface area contributed by atoms with Crippen molar-refractivity contribution in [2.24, 2.45) is 0 Å². The molecule has 1 heterocycles. The van der Waals surface area contributed by atoms with E-state index in [1.165, 1.54) is 18.2 Å². The van der Waals surface area contributed by atoms with Gasteiger partial charge in [0.05, 0.1) is 10.6 Å². The van der Waals surface area contributed by atoms with Gasteiger partial charge in [0, 0.05) is 9.64 Å². The quantitative estimate of drug-likeness (QED) is 0.462. The van der Waals surface area contributed by atoms with Crippen LogP contribution in [-0.2, 0) is 0 Å². The molecule has 0 atom stereocenters. The van der Waals surface area contributed by atoms with E-state index in [1.54, 1.807) is 0 Å². The number of halogens is 2. The minimum absolute atomic E-state index is 0.218. The van der Waals surface area contributed by atoms with Crippen LogP contribution in [0.4, 0.5) is 21.6 Å². The number of nitro groups is 1. The summed E-state index contributed by atoms with van der Waals surface area (Å²) < 4.78 is 13.5. The minimum Gasteiger partial charge on any atom is -0.477 e. The summed E-state index contributed by atoms with van der Waals surface area (Å²) in [4.78, 5) is 24.9. The van der Waals surface area contributed by atoms with Crippen molar-refractivity contribution in [2.75, 3.05) is 5.32 Å². The third-order valence-corrected chi connectivity index (χ3v) is 3.37. The molecule has 0 saturated heterocycles. The molecule has 0 aliphatic carbocycles. The summed E-state index contributed by atoms with van der Waals surface area (Å²) in [5.74, 6) is -1.97. The van der Waals surface area contributed by atoms with Gasteiger partial charge in [-0.05, 0) is 46.9 Å². The fourth-order valence-electron chi connectivity index (χ4n) is 1.53. The molecule has 0 aliphatic rings. The second-order valence-electron chi connectivity index (χ2n) is 3.88. The first-order chi connectivity index (χ1) is 9.88. The van der Waals surface area contributed by atoms with Crippen molar-refractivity contribution < 1.29 is 19.2 Å². The Morgan fingerprint density at radius 2 is 2.10 bits per heavy atom. The van der Waals surface area contributed by atoms with E-state index in [4.69, 9.17) is 5.11 Å². The Labute approximate surface area is 131 Å². The highest BCUT2D eigenvalue weighted by Crippen LogP contribution is 2.28. The van der Waals surface area contributed by atoms with Crippen molar-refractivity contribution in [3.63, 3.8) is 0 Å². The second kappa shape index (κ2) is 5.99. The van der Waals surface area contributed by atoms with E-state index in [2.05, 4.69) is 10.3 Å². The fraction of sp³-hybridized carbons (Fsp3) is 0. The number of carboxylic acids is 1. The number of aromatic nitrogens is 1. The summed E-state index contributed by atoms with van der Waals surface area (Å²) in [7, 11) is 0. The normalized spacial score (nSPS) is 10.2. The molecule has 0 bridgehead atoms. The molecule has 0 fully saturated rings. The van der Waals surface area contributed by atoms with Crippen LogP contribution in [0.3, 0.4) is 0 Å². The van der Waals surface area contributed by atoms with Gasteiger partial charge in [0.2, 0.25) is 5.82 Å². The van der Waals surface area contributed by atoms with Gasteiger partial charge in [-0.2, -0.15) is 0 Å². The first kappa shape index (κ1) is 15.1. The van der Waals surface area contributed by atoms with Crippen molar-refractivity contribution in [3.05, 3.63) is 55.5 Å². The maximum absolute atomic E-state index is 13.0. The summed E-state index contributed by atoms with van der Waals surface area (Å²) in [5.41, 5.74) is -0.324. The van der Waals surface area contributed by atoms with Crippen LogP contribution in [0.25, 0.3) is 0 Å². The molecule has 2 aromatic rings. The zero-order valence-electron chi connectivity index (χ0n) is 10.2. The molecule has 0 radical (unpaired) electrons. The maximum Gasteiger partial charge on any atom is 0.354 e. The number of benzene rings is 1. The van der Waals surface area contributed by atoms with Crippen molar-refractivity contribution in [3.8, 4) is 0 Å². The Hall–Kier alpha value is -2.30. The van der Waals surface area contributed by atoms with Crippen LogP contribution in [0, 0.1) is 19.5 Å². The van der Waals surface area contributed by atoms with E-state index in [9.17, 15) is 19.3 Å². The fourth-order valence-corrected chi connectivity index (χ4v) is 2.14. The predicted molar refractivity (Wildman–Crippen MR) is 80.3 cm³/mol. The summed E-state index contributed by atoms with van der Waals surface area (Å²) in [5, 5.41) is 22.5. The molecule has 0 amide bonds. The van der Waals surface area contributed by atoms with E-state index < -0.39 is 16.7 Å². The van der Waals surface area contributed by atoms with Gasteiger partial charge >= 0.3 is 11.7 Å². The van der Waals surface area contributed by atoms with E-state index in [0.29, 0.717) is 9.26 Å². The molecule has 2 N–H and O–H groups in total. The summed E-state index contributed by atoms with van der Waals surface area (Å²) in [6.07, 6.45) is 0. The monoisotopic (exact) mass is 403 g/mol. The number of hydrogen-bond acceptors (Lipinski definition) is 5. The Bertz CT molecular complexity index is 738. The van der Waals surface area contributed by atoms with Gasteiger partial charge in [-0.15, -0.1) is 0 Å². The van der Waals surface area contributed by atoms with Gasteiger partial charge in [0.1, 0.15) is 5.82 Å². The third kappa shape index (κ3) is 3.42. The molecule has 0 spiro atoms. The summed E-state index contributed by atoms with van der Waals surface area (Å²) in [6, 6.07) is 5.89. The second-order valence-corrected chi connectivity index (χ2v) is 5.04. The molecule has 1 aromatic carbocycles. The van der Waals surface area contributed by atoms with E-state index in [0.717, 1.165) is 12.1 Å². The predicted octanol–water partition coefficient (Wildman–Crippen LogP) is 3.18. The Morgan fingerprint density at radius 1 is 1.38 bits per heavy atom. The molecular formula is C12H7FIN3O4. The summed E-state index contributed by atoms with van der Waals surface area (Å²) >= 11 is 1.85. The van der Waals surface area contributed by atoms with Crippen molar-refractivity contribution in [1.29, 1.82) is 0 Å². The van der Waals surface area contributed by atoms with E-state index in [-0.39, 0.29) is 17.2 Å². The van der Waals surface area contributed by atoms with Gasteiger partial charge in [-0.3, -0.25) is 10.1 Å². The van der Waals surface area contributed by atoms with E-state index in [1.807, 2.05) is 22.6 Å². The van der Waals surface area contributed by atoms with Crippen molar-refractivity contribution in [2.45, 2.75) is 0 Å². The maximum atomic E-state index is 13.0. The molecule has 9 heteroatoms. The van der Waals surface area contributed by atoms with Crippen LogP contribution in [0.1, 0.15) is 10.5 Å². The molecule has 7 nitrogen and oxygen atoms in total. The smallest absolute Gasteiger partial charge is 0.354 e. The standard InChI is InChI=1S/C12H7FIN3O4/c13-6-1-2-8(7(14)5-6)15-11-10(17(20)21)4-3-9(16-11)12(18)19/h1-5H,(H,15,16)(H,18,19). The van der Waals surface area contributed by atoms with Gasteiger partial charge in [-0.1, -0.05) is 0 Å². The molecule has 21 heavy (non-hydrogen) atoms. The Balaban J connectivity index is 2.48. The number of anilines is 2. The number of pyridine rings is 1. The number of carbonyl (C=O) groups is 1. The highest BCUT2D eigenvalue weighted by atomic mass is 127. The minimum atomic E-state index is -1.30. The average molecular weight is 403 g/mol. The highest BCUT2D eigenvalue weighted by Gasteiger charge is 2.19. The molecular weight excluding hydrogens is 396 g/mol. The van der Waals surface area contributed by atoms with E-state index >= 15 is 0 Å². The van der Waals surface area contributed by atoms with Crippen LogP contribution in [0.2, 0.25) is 0 Å². The number of aromatic carboxylic acids is 1. The number of nitrogens with one attached hydrogen (secondary N) is 1. The molecule has 1 aromatic heterocycles. The Morgan fingerprint density at radius 3 is 2.67 bits per heavy atom. The van der Waals surface area contributed by atoms with Gasteiger partial charge < -0.3 is 10.4 Å². The molecule has 0 aliphatic heterocycles. The van der Waals surface area contributed by atoms with Gasteiger partial charge in [0.15, 0.2) is 5.69 Å². The van der Waals surface area contributed by atoms with Gasteiger partial charge in [-0.25, -0.2) is 14.2 Å². The molecule has 108 valence electrons. The SMILES string of the molecule is O=C(O)c1ccc([N+](=O)[O-])c(Nc2ccc(F)cc2I)n1. The average Bonchev–Trinajstić information content (AvgIpc) is 2.41. The lowest BCUT2D eigenvalue weighted by Crippen LogP contribution is -2.06. The number of hydrogen-bond donors (Lipinski definition) is 2. The third-order valence-electron chi connectivity index (χ3n) is 2.47. The molecule has 0 saturated carbocycles. The lowest BCUT2D eigenvalue weighted by molar-refractivity contribution is -0.384. The molecule has 2 rings (SSSR count). The zero-order valence-corrected chi connectivity index (χ0v) is 12.4. The van der Waals surface area contributed by atoms with Crippen molar-refractivity contribution >= 4 is 45.8 Å². The topological polar surface area (TPSA) is 105 Å². The van der Waals surface area contributed by atoms with Crippen molar-refractivity contribution in [1.82, 2.24) is 4.98 Å². The zero-order chi connectivity index (χ0) is 15.6.